The molecule has 4 nitrogen and oxygen atoms in total. The largest absolute Gasteiger partial charge is 0.399 e. The van der Waals surface area contributed by atoms with Crippen LogP contribution < -0.4 is 10.6 Å². The van der Waals surface area contributed by atoms with Gasteiger partial charge in [0.05, 0.1) is 0 Å². The zero-order chi connectivity index (χ0) is 9.97. The molecule has 2 rings (SSSR count). The Morgan fingerprint density at radius 1 is 1.64 bits per heavy atom. The summed E-state index contributed by atoms with van der Waals surface area (Å²) in [6, 6.07) is 3.66. The Kier molecular flexibility index (Phi) is 2.54. The maximum absolute atomic E-state index is 9.01. The molecule has 0 amide bonds. The third-order valence-electron chi connectivity index (χ3n) is 2.64. The SMILES string of the molecule is Nc1ccnc(N2CCC(CO)C2)c1. The van der Waals surface area contributed by atoms with Crippen LogP contribution in [0.1, 0.15) is 6.42 Å². The third-order valence-corrected chi connectivity index (χ3v) is 2.64. The quantitative estimate of drug-likeness (QED) is 0.717. The minimum atomic E-state index is 0.263. The number of anilines is 2. The Hall–Kier alpha value is -1.29. The lowest BCUT2D eigenvalue weighted by atomic mass is 10.1. The van der Waals surface area contributed by atoms with E-state index in [1.165, 1.54) is 0 Å². The van der Waals surface area contributed by atoms with Gasteiger partial charge in [0.2, 0.25) is 0 Å². The highest BCUT2D eigenvalue weighted by atomic mass is 16.3. The molecule has 4 heteroatoms. The molecule has 1 saturated heterocycles. The van der Waals surface area contributed by atoms with Crippen LogP contribution >= 0.6 is 0 Å². The molecule has 0 bridgehead atoms. The molecule has 1 aromatic heterocycles. The van der Waals surface area contributed by atoms with E-state index in [0.717, 1.165) is 31.0 Å². The number of aliphatic hydroxyl groups excluding tert-OH is 1. The molecule has 3 N–H and O–H groups in total. The van der Waals surface area contributed by atoms with E-state index in [1.54, 1.807) is 12.3 Å². The van der Waals surface area contributed by atoms with Gasteiger partial charge in [-0.05, 0) is 12.5 Å². The van der Waals surface area contributed by atoms with Crippen molar-refractivity contribution in [3.05, 3.63) is 18.3 Å². The van der Waals surface area contributed by atoms with Crippen LogP contribution in [-0.2, 0) is 0 Å². The second-order valence-electron chi connectivity index (χ2n) is 3.73. The van der Waals surface area contributed by atoms with Gasteiger partial charge in [-0.3, -0.25) is 0 Å². The van der Waals surface area contributed by atoms with Crippen molar-refractivity contribution in [1.82, 2.24) is 4.98 Å². The van der Waals surface area contributed by atoms with E-state index < -0.39 is 0 Å². The van der Waals surface area contributed by atoms with Crippen LogP contribution in [0.3, 0.4) is 0 Å². The molecule has 1 fully saturated rings. The van der Waals surface area contributed by atoms with Gasteiger partial charge in [0.15, 0.2) is 0 Å². The van der Waals surface area contributed by atoms with Crippen LogP contribution in [-0.4, -0.2) is 29.8 Å². The first-order chi connectivity index (χ1) is 6.79. The van der Waals surface area contributed by atoms with E-state index in [0.29, 0.717) is 5.92 Å². The monoisotopic (exact) mass is 193 g/mol. The van der Waals surface area contributed by atoms with Crippen LogP contribution in [0.15, 0.2) is 18.3 Å². The molecule has 1 unspecified atom stereocenters. The topological polar surface area (TPSA) is 62.4 Å². The molecule has 0 saturated carbocycles. The molecule has 14 heavy (non-hydrogen) atoms. The number of nitrogens with zero attached hydrogens (tertiary/aromatic N) is 2. The molecule has 1 aromatic rings. The number of pyridine rings is 1. The normalized spacial score (nSPS) is 21.5. The van der Waals surface area contributed by atoms with Crippen molar-refractivity contribution >= 4 is 11.5 Å². The second kappa shape index (κ2) is 3.84. The molecule has 1 atom stereocenters. The number of nitrogen functional groups attached to an aromatic ring is 1. The third kappa shape index (κ3) is 1.80. The van der Waals surface area contributed by atoms with Crippen molar-refractivity contribution in [2.75, 3.05) is 30.3 Å². The number of hydrogen-bond donors (Lipinski definition) is 2. The molecular formula is C10H15N3O. The zero-order valence-electron chi connectivity index (χ0n) is 8.06. The minimum absolute atomic E-state index is 0.263. The van der Waals surface area contributed by atoms with Crippen LogP contribution in [0, 0.1) is 5.92 Å². The number of nitrogens with two attached hydrogens (primary N) is 1. The summed E-state index contributed by atoms with van der Waals surface area (Å²) in [7, 11) is 0. The number of aromatic nitrogens is 1. The summed E-state index contributed by atoms with van der Waals surface area (Å²) in [5.74, 6) is 1.30. The average Bonchev–Trinajstić information content (AvgIpc) is 2.66. The molecule has 2 heterocycles. The lowest BCUT2D eigenvalue weighted by molar-refractivity contribution is 0.238. The van der Waals surface area contributed by atoms with Crippen LogP contribution in [0.4, 0.5) is 11.5 Å². The van der Waals surface area contributed by atoms with E-state index in [2.05, 4.69) is 9.88 Å². The van der Waals surface area contributed by atoms with Crippen LogP contribution in [0.25, 0.3) is 0 Å². The van der Waals surface area contributed by atoms with Gasteiger partial charge in [0, 0.05) is 43.6 Å². The molecule has 0 spiro atoms. The summed E-state index contributed by atoms with van der Waals surface area (Å²) in [6.45, 7) is 2.10. The molecular weight excluding hydrogens is 178 g/mol. The zero-order valence-corrected chi connectivity index (χ0v) is 8.06. The van der Waals surface area contributed by atoms with E-state index >= 15 is 0 Å². The lowest BCUT2D eigenvalue weighted by Crippen LogP contribution is -2.21. The summed E-state index contributed by atoms with van der Waals surface area (Å²) in [4.78, 5) is 6.42. The molecule has 1 aliphatic heterocycles. The maximum Gasteiger partial charge on any atom is 0.130 e. The van der Waals surface area contributed by atoms with Gasteiger partial charge in [0.25, 0.3) is 0 Å². The summed E-state index contributed by atoms with van der Waals surface area (Å²) in [5, 5.41) is 9.01. The van der Waals surface area contributed by atoms with Gasteiger partial charge < -0.3 is 15.7 Å². The smallest absolute Gasteiger partial charge is 0.130 e. The predicted octanol–water partition coefficient (Wildman–Crippen LogP) is 0.482. The first kappa shape index (κ1) is 9.27. The van der Waals surface area contributed by atoms with Crippen LogP contribution in [0.5, 0.6) is 0 Å². The summed E-state index contributed by atoms with van der Waals surface area (Å²) in [5.41, 5.74) is 6.42. The van der Waals surface area contributed by atoms with Crippen LogP contribution in [0.2, 0.25) is 0 Å². The van der Waals surface area contributed by atoms with Crippen molar-refractivity contribution in [3.8, 4) is 0 Å². The standard InChI is InChI=1S/C10H15N3O/c11-9-1-3-12-10(5-9)13-4-2-8(6-13)7-14/h1,3,5,8,14H,2,4,6-7H2,(H2,11,12). The molecule has 0 aliphatic carbocycles. The van der Waals surface area contributed by atoms with E-state index in [-0.39, 0.29) is 6.61 Å². The molecule has 76 valence electrons. The van der Waals surface area contributed by atoms with Gasteiger partial charge in [-0.2, -0.15) is 0 Å². The number of rotatable bonds is 2. The summed E-state index contributed by atoms with van der Waals surface area (Å²) >= 11 is 0. The molecule has 0 aromatic carbocycles. The average molecular weight is 193 g/mol. The van der Waals surface area contributed by atoms with Gasteiger partial charge in [-0.25, -0.2) is 4.98 Å². The highest BCUT2D eigenvalue weighted by Gasteiger charge is 2.22. The van der Waals surface area contributed by atoms with Crippen molar-refractivity contribution in [2.24, 2.45) is 5.92 Å². The van der Waals surface area contributed by atoms with Gasteiger partial charge in [-0.1, -0.05) is 0 Å². The first-order valence-electron chi connectivity index (χ1n) is 4.87. The maximum atomic E-state index is 9.01. The Labute approximate surface area is 83.4 Å². The van der Waals surface area contributed by atoms with E-state index in [9.17, 15) is 0 Å². The first-order valence-corrected chi connectivity index (χ1v) is 4.87. The molecule has 1 aliphatic rings. The second-order valence-corrected chi connectivity index (χ2v) is 3.73. The van der Waals surface area contributed by atoms with E-state index in [1.807, 2.05) is 6.07 Å². The Balaban J connectivity index is 2.09. The number of hydrogen-bond acceptors (Lipinski definition) is 4. The van der Waals surface area contributed by atoms with Gasteiger partial charge >= 0.3 is 0 Å². The molecule has 0 radical (unpaired) electrons. The van der Waals surface area contributed by atoms with E-state index in [4.69, 9.17) is 10.8 Å². The van der Waals surface area contributed by atoms with Gasteiger partial charge in [-0.15, -0.1) is 0 Å². The fraction of sp³-hybridized carbons (Fsp3) is 0.500. The lowest BCUT2D eigenvalue weighted by Gasteiger charge is -2.17. The summed E-state index contributed by atoms with van der Waals surface area (Å²) in [6.07, 6.45) is 2.75. The Morgan fingerprint density at radius 2 is 2.50 bits per heavy atom. The van der Waals surface area contributed by atoms with Gasteiger partial charge in [0.1, 0.15) is 5.82 Å². The predicted molar refractivity (Wildman–Crippen MR) is 56.1 cm³/mol. The highest BCUT2D eigenvalue weighted by molar-refractivity contribution is 5.50. The number of aliphatic hydroxyl groups is 1. The minimum Gasteiger partial charge on any atom is -0.399 e. The highest BCUT2D eigenvalue weighted by Crippen LogP contribution is 2.22. The van der Waals surface area contributed by atoms with Crippen molar-refractivity contribution in [2.45, 2.75) is 6.42 Å². The Bertz CT molecular complexity index is 316. The fourth-order valence-electron chi connectivity index (χ4n) is 1.80. The Morgan fingerprint density at radius 3 is 3.14 bits per heavy atom. The van der Waals surface area contributed by atoms with Crippen molar-refractivity contribution in [3.63, 3.8) is 0 Å². The van der Waals surface area contributed by atoms with Crippen molar-refractivity contribution in [1.29, 1.82) is 0 Å². The van der Waals surface area contributed by atoms with Crippen molar-refractivity contribution < 1.29 is 5.11 Å². The fourth-order valence-corrected chi connectivity index (χ4v) is 1.80. The summed E-state index contributed by atoms with van der Waals surface area (Å²) < 4.78 is 0.